The highest BCUT2D eigenvalue weighted by Gasteiger charge is 2.16. The quantitative estimate of drug-likeness (QED) is 0.775. The number of benzene rings is 1. The number of aromatic nitrogens is 3. The average molecular weight is 349 g/mol. The molecule has 3 rings (SSSR count). The monoisotopic (exact) mass is 348 g/mol. The van der Waals surface area contributed by atoms with Gasteiger partial charge in [0.05, 0.1) is 11.4 Å². The van der Waals surface area contributed by atoms with Gasteiger partial charge in [0.15, 0.2) is 0 Å². The molecule has 24 heavy (non-hydrogen) atoms. The Hall–Kier alpha value is -2.28. The number of carbonyl (C=O) groups excluding carboxylic acids is 1. The second-order valence-electron chi connectivity index (χ2n) is 5.77. The van der Waals surface area contributed by atoms with E-state index in [4.69, 9.17) is 11.6 Å². The van der Waals surface area contributed by atoms with Gasteiger partial charge in [0.25, 0.3) is 0 Å². The van der Waals surface area contributed by atoms with Crippen molar-refractivity contribution >= 4 is 29.0 Å². The number of hydrogen-bond donors (Lipinski definition) is 3. The molecule has 1 fully saturated rings. The first-order valence-electron chi connectivity index (χ1n) is 8.16. The van der Waals surface area contributed by atoms with Crippen LogP contribution in [0.3, 0.4) is 0 Å². The van der Waals surface area contributed by atoms with E-state index in [9.17, 15) is 4.79 Å². The van der Waals surface area contributed by atoms with Crippen molar-refractivity contribution < 1.29 is 4.79 Å². The maximum Gasteiger partial charge on any atom is 0.319 e. The fraction of sp³-hybridized carbons (Fsp3) is 0.438. The van der Waals surface area contributed by atoms with Crippen LogP contribution in [0.15, 0.2) is 24.5 Å². The van der Waals surface area contributed by atoms with Gasteiger partial charge in [-0.2, -0.15) is 5.10 Å². The van der Waals surface area contributed by atoms with Gasteiger partial charge in [-0.15, -0.1) is 0 Å². The Balaban J connectivity index is 1.60. The highest BCUT2D eigenvalue weighted by Crippen LogP contribution is 2.31. The van der Waals surface area contributed by atoms with E-state index in [-0.39, 0.29) is 6.03 Å². The molecule has 0 unspecified atom stereocenters. The van der Waals surface area contributed by atoms with Gasteiger partial charge in [-0.1, -0.05) is 11.6 Å². The van der Waals surface area contributed by atoms with Crippen molar-refractivity contribution in [2.45, 2.75) is 25.7 Å². The maximum absolute atomic E-state index is 12.2. The summed E-state index contributed by atoms with van der Waals surface area (Å²) in [4.78, 5) is 18.5. The first-order valence-corrected chi connectivity index (χ1v) is 8.54. The summed E-state index contributed by atoms with van der Waals surface area (Å²) in [7, 11) is 0. The Morgan fingerprint density at radius 3 is 2.88 bits per heavy atom. The first kappa shape index (κ1) is 16.6. The van der Waals surface area contributed by atoms with Crippen LogP contribution in [0, 0.1) is 0 Å². The lowest BCUT2D eigenvalue weighted by atomic mass is 10.1. The number of halogens is 1. The van der Waals surface area contributed by atoms with Gasteiger partial charge in [-0.3, -0.25) is 5.10 Å². The van der Waals surface area contributed by atoms with E-state index in [1.165, 1.54) is 25.6 Å². The molecule has 0 aliphatic carbocycles. The van der Waals surface area contributed by atoms with Gasteiger partial charge in [-0.25, -0.2) is 9.78 Å². The number of amides is 2. The normalized spacial score (nSPS) is 14.5. The molecule has 128 valence electrons. The Labute approximate surface area is 145 Å². The van der Waals surface area contributed by atoms with Crippen LogP contribution in [0.2, 0.25) is 5.02 Å². The smallest absolute Gasteiger partial charge is 0.319 e. The zero-order valence-electron chi connectivity index (χ0n) is 13.4. The topological polar surface area (TPSA) is 85.9 Å². The van der Waals surface area contributed by atoms with Crippen molar-refractivity contribution in [1.82, 2.24) is 20.5 Å². The van der Waals surface area contributed by atoms with Crippen LogP contribution < -0.4 is 15.5 Å². The number of piperidine rings is 1. The van der Waals surface area contributed by atoms with Crippen LogP contribution in [0.1, 0.15) is 25.1 Å². The summed E-state index contributed by atoms with van der Waals surface area (Å²) in [6, 6.07) is 5.37. The highest BCUT2D eigenvalue weighted by molar-refractivity contribution is 6.31. The predicted octanol–water partition coefficient (Wildman–Crippen LogP) is 2.81. The van der Waals surface area contributed by atoms with Crippen LogP contribution >= 0.6 is 11.6 Å². The SMILES string of the molecule is O=C(NCCc1ncn[nH]1)Nc1cc(Cl)ccc1N1CCCCC1. The van der Waals surface area contributed by atoms with E-state index in [1.54, 1.807) is 6.07 Å². The summed E-state index contributed by atoms with van der Waals surface area (Å²) in [6.45, 7) is 2.48. The molecule has 8 heteroatoms. The van der Waals surface area contributed by atoms with E-state index in [2.05, 4.69) is 30.7 Å². The molecule has 1 aliphatic rings. The summed E-state index contributed by atoms with van der Waals surface area (Å²) in [5.74, 6) is 0.743. The molecule has 2 aromatic rings. The van der Waals surface area contributed by atoms with Crippen LogP contribution in [-0.2, 0) is 6.42 Å². The number of urea groups is 1. The van der Waals surface area contributed by atoms with Gasteiger partial charge >= 0.3 is 6.03 Å². The van der Waals surface area contributed by atoms with Crippen molar-refractivity contribution in [3.05, 3.63) is 35.4 Å². The zero-order valence-corrected chi connectivity index (χ0v) is 14.1. The third-order valence-corrected chi connectivity index (χ3v) is 4.25. The molecule has 0 saturated carbocycles. The fourth-order valence-corrected chi connectivity index (χ4v) is 3.00. The largest absolute Gasteiger partial charge is 0.370 e. The van der Waals surface area contributed by atoms with Gasteiger partial charge in [0.1, 0.15) is 12.2 Å². The minimum atomic E-state index is -0.255. The molecule has 1 aromatic carbocycles. The van der Waals surface area contributed by atoms with E-state index >= 15 is 0 Å². The Bertz CT molecular complexity index is 669. The average Bonchev–Trinajstić information content (AvgIpc) is 3.09. The minimum absolute atomic E-state index is 0.255. The molecule has 1 aliphatic heterocycles. The third kappa shape index (κ3) is 4.38. The van der Waals surface area contributed by atoms with Crippen molar-refractivity contribution in [2.75, 3.05) is 29.9 Å². The number of nitrogens with one attached hydrogen (secondary N) is 3. The lowest BCUT2D eigenvalue weighted by molar-refractivity contribution is 0.252. The summed E-state index contributed by atoms with van der Waals surface area (Å²) in [6.07, 6.45) is 5.65. The molecular formula is C16H21ClN6O. The molecule has 2 amide bonds. The van der Waals surface area contributed by atoms with Gasteiger partial charge < -0.3 is 15.5 Å². The molecule has 1 saturated heterocycles. The third-order valence-electron chi connectivity index (χ3n) is 4.02. The van der Waals surface area contributed by atoms with Crippen LogP contribution in [0.25, 0.3) is 0 Å². The molecular weight excluding hydrogens is 328 g/mol. The molecule has 0 radical (unpaired) electrons. The summed E-state index contributed by atoms with van der Waals surface area (Å²) in [5, 5.41) is 12.9. The standard InChI is InChI=1S/C16H21ClN6O/c17-12-4-5-14(23-8-2-1-3-9-23)13(10-12)21-16(24)18-7-6-15-19-11-20-22-15/h4-5,10-11H,1-3,6-9H2,(H2,18,21,24)(H,19,20,22). The van der Waals surface area contributed by atoms with E-state index < -0.39 is 0 Å². The Morgan fingerprint density at radius 1 is 1.29 bits per heavy atom. The van der Waals surface area contributed by atoms with Crippen LogP contribution in [0.5, 0.6) is 0 Å². The number of rotatable bonds is 5. The van der Waals surface area contributed by atoms with Crippen molar-refractivity contribution in [3.63, 3.8) is 0 Å². The molecule has 0 atom stereocenters. The molecule has 2 heterocycles. The number of carbonyl (C=O) groups is 1. The van der Waals surface area contributed by atoms with Gasteiger partial charge in [-0.05, 0) is 37.5 Å². The second kappa shape index (κ2) is 8.01. The molecule has 0 spiro atoms. The molecule has 3 N–H and O–H groups in total. The molecule has 0 bridgehead atoms. The summed E-state index contributed by atoms with van der Waals surface area (Å²) < 4.78 is 0. The Kier molecular flexibility index (Phi) is 5.53. The van der Waals surface area contributed by atoms with Crippen molar-refractivity contribution in [2.24, 2.45) is 0 Å². The maximum atomic E-state index is 12.2. The predicted molar refractivity (Wildman–Crippen MR) is 94.6 cm³/mol. The number of aromatic amines is 1. The molecule has 1 aromatic heterocycles. The van der Waals surface area contributed by atoms with E-state index in [0.717, 1.165) is 30.3 Å². The number of anilines is 2. The Morgan fingerprint density at radius 2 is 2.12 bits per heavy atom. The highest BCUT2D eigenvalue weighted by atomic mass is 35.5. The fourth-order valence-electron chi connectivity index (χ4n) is 2.83. The lowest BCUT2D eigenvalue weighted by Gasteiger charge is -2.30. The van der Waals surface area contributed by atoms with Gasteiger partial charge in [0, 0.05) is 31.1 Å². The molecule has 7 nitrogen and oxygen atoms in total. The number of hydrogen-bond acceptors (Lipinski definition) is 4. The zero-order chi connectivity index (χ0) is 16.8. The summed E-state index contributed by atoms with van der Waals surface area (Å²) in [5.41, 5.74) is 1.76. The number of H-pyrrole nitrogens is 1. The van der Waals surface area contributed by atoms with Gasteiger partial charge in [0.2, 0.25) is 0 Å². The first-order chi connectivity index (χ1) is 11.7. The number of nitrogens with zero attached hydrogens (tertiary/aromatic N) is 3. The van der Waals surface area contributed by atoms with Crippen molar-refractivity contribution in [1.29, 1.82) is 0 Å². The van der Waals surface area contributed by atoms with Crippen LogP contribution in [0.4, 0.5) is 16.2 Å². The van der Waals surface area contributed by atoms with Crippen molar-refractivity contribution in [3.8, 4) is 0 Å². The lowest BCUT2D eigenvalue weighted by Crippen LogP contribution is -2.33. The summed E-state index contributed by atoms with van der Waals surface area (Å²) >= 11 is 6.10. The van der Waals surface area contributed by atoms with Crippen LogP contribution in [-0.4, -0.2) is 40.8 Å². The van der Waals surface area contributed by atoms with E-state index in [1.807, 2.05) is 12.1 Å². The van der Waals surface area contributed by atoms with E-state index in [0.29, 0.717) is 18.0 Å². The second-order valence-corrected chi connectivity index (χ2v) is 6.21. The minimum Gasteiger partial charge on any atom is -0.370 e.